The third-order valence-electron chi connectivity index (χ3n) is 3.92. The SMILES string of the molecule is COCCNC(=O)COC(=O)C[C@H]1C(=O)C[C@@H](C)[C@H]1C[N+](=O)[O-]. The average Bonchev–Trinajstić information content (AvgIpc) is 2.72. The molecular formula is C14H22N2O7. The Morgan fingerprint density at radius 2 is 2.13 bits per heavy atom. The molecule has 0 aromatic heterocycles. The number of carbonyl (C=O) groups is 3. The third-order valence-corrected chi connectivity index (χ3v) is 3.92. The molecule has 1 aliphatic rings. The van der Waals surface area contributed by atoms with Crippen LogP contribution in [0.3, 0.4) is 0 Å². The topological polar surface area (TPSA) is 125 Å². The zero-order valence-corrected chi connectivity index (χ0v) is 13.3. The van der Waals surface area contributed by atoms with E-state index in [1.165, 1.54) is 7.11 Å². The number of ether oxygens (including phenoxy) is 2. The van der Waals surface area contributed by atoms with E-state index >= 15 is 0 Å². The van der Waals surface area contributed by atoms with Crippen molar-refractivity contribution >= 4 is 17.7 Å². The zero-order valence-electron chi connectivity index (χ0n) is 13.3. The van der Waals surface area contributed by atoms with Gasteiger partial charge in [0.15, 0.2) is 6.61 Å². The van der Waals surface area contributed by atoms with Crippen molar-refractivity contribution < 1.29 is 28.8 Å². The molecule has 1 N–H and O–H groups in total. The van der Waals surface area contributed by atoms with E-state index in [-0.39, 0.29) is 31.1 Å². The highest BCUT2D eigenvalue weighted by atomic mass is 16.6. The highest BCUT2D eigenvalue weighted by Gasteiger charge is 2.44. The maximum absolute atomic E-state index is 11.9. The summed E-state index contributed by atoms with van der Waals surface area (Å²) in [6.07, 6.45) is 0.000980. The van der Waals surface area contributed by atoms with Crippen LogP contribution in [0.25, 0.3) is 0 Å². The molecule has 0 spiro atoms. The summed E-state index contributed by atoms with van der Waals surface area (Å²) < 4.78 is 9.58. The van der Waals surface area contributed by atoms with Crippen molar-refractivity contribution in [2.45, 2.75) is 19.8 Å². The number of amides is 1. The van der Waals surface area contributed by atoms with Crippen LogP contribution >= 0.6 is 0 Å². The van der Waals surface area contributed by atoms with Crippen LogP contribution in [0.4, 0.5) is 0 Å². The first-order valence-electron chi connectivity index (χ1n) is 7.41. The van der Waals surface area contributed by atoms with Gasteiger partial charge in [-0.05, 0) is 5.92 Å². The normalized spacial score (nSPS) is 23.6. The lowest BCUT2D eigenvalue weighted by molar-refractivity contribution is -0.490. The number of hydrogen-bond acceptors (Lipinski definition) is 7. The van der Waals surface area contributed by atoms with Crippen molar-refractivity contribution in [3.8, 4) is 0 Å². The molecule has 3 atom stereocenters. The van der Waals surface area contributed by atoms with Crippen molar-refractivity contribution in [1.82, 2.24) is 5.32 Å². The quantitative estimate of drug-likeness (QED) is 0.268. The molecule has 0 unspecified atom stereocenters. The van der Waals surface area contributed by atoms with Gasteiger partial charge in [-0.15, -0.1) is 0 Å². The molecule has 9 nitrogen and oxygen atoms in total. The second-order valence-electron chi connectivity index (χ2n) is 5.64. The highest BCUT2D eigenvalue weighted by Crippen LogP contribution is 2.36. The van der Waals surface area contributed by atoms with Gasteiger partial charge in [0, 0.05) is 36.8 Å². The fourth-order valence-electron chi connectivity index (χ4n) is 2.73. The Balaban J connectivity index is 2.43. The molecule has 0 saturated heterocycles. The Hall–Kier alpha value is -2.03. The summed E-state index contributed by atoms with van der Waals surface area (Å²) in [7, 11) is 1.49. The number of ketones is 1. The van der Waals surface area contributed by atoms with Crippen molar-refractivity contribution in [3.63, 3.8) is 0 Å². The predicted octanol–water partition coefficient (Wildman–Crippen LogP) is -0.200. The molecule has 9 heteroatoms. The number of nitrogens with zero attached hydrogens (tertiary/aromatic N) is 1. The van der Waals surface area contributed by atoms with E-state index < -0.39 is 35.2 Å². The summed E-state index contributed by atoms with van der Waals surface area (Å²) in [5.74, 6) is -2.65. The fraction of sp³-hybridized carbons (Fsp3) is 0.786. The first-order valence-corrected chi connectivity index (χ1v) is 7.41. The number of nitro groups is 1. The minimum atomic E-state index is -0.709. The van der Waals surface area contributed by atoms with Crippen LogP contribution in [-0.2, 0) is 23.9 Å². The zero-order chi connectivity index (χ0) is 17.4. The molecule has 0 heterocycles. The number of nitrogens with one attached hydrogen (secondary N) is 1. The molecule has 23 heavy (non-hydrogen) atoms. The minimum absolute atomic E-state index is 0.136. The number of Topliss-reactive ketones (excluding diaryl/α,β-unsaturated/α-hetero) is 1. The number of carbonyl (C=O) groups excluding carboxylic acids is 3. The molecule has 0 aromatic rings. The van der Waals surface area contributed by atoms with Crippen LogP contribution in [-0.4, -0.2) is 56.0 Å². The first kappa shape index (κ1) is 19.0. The second kappa shape index (κ2) is 9.19. The summed E-state index contributed by atoms with van der Waals surface area (Å²) >= 11 is 0. The van der Waals surface area contributed by atoms with Crippen LogP contribution in [0.15, 0.2) is 0 Å². The van der Waals surface area contributed by atoms with Crippen LogP contribution in [0.5, 0.6) is 0 Å². The number of esters is 1. The van der Waals surface area contributed by atoms with Crippen molar-refractivity contribution in [2.24, 2.45) is 17.8 Å². The van der Waals surface area contributed by atoms with Gasteiger partial charge in [0.2, 0.25) is 6.54 Å². The largest absolute Gasteiger partial charge is 0.456 e. The van der Waals surface area contributed by atoms with Gasteiger partial charge >= 0.3 is 5.97 Å². The third kappa shape index (κ3) is 6.31. The van der Waals surface area contributed by atoms with Gasteiger partial charge in [-0.2, -0.15) is 0 Å². The lowest BCUT2D eigenvalue weighted by Gasteiger charge is -2.17. The van der Waals surface area contributed by atoms with E-state index in [1.807, 2.05) is 0 Å². The summed E-state index contributed by atoms with van der Waals surface area (Å²) in [5.41, 5.74) is 0. The van der Waals surface area contributed by atoms with Gasteiger partial charge in [-0.1, -0.05) is 6.92 Å². The van der Waals surface area contributed by atoms with Crippen LogP contribution in [0.1, 0.15) is 19.8 Å². The number of methoxy groups -OCH3 is 1. The molecular weight excluding hydrogens is 308 g/mol. The maximum Gasteiger partial charge on any atom is 0.307 e. The van der Waals surface area contributed by atoms with Crippen molar-refractivity contribution in [3.05, 3.63) is 10.1 Å². The lowest BCUT2D eigenvalue weighted by Crippen LogP contribution is -2.32. The van der Waals surface area contributed by atoms with Gasteiger partial charge in [0.1, 0.15) is 5.78 Å². The van der Waals surface area contributed by atoms with E-state index in [0.29, 0.717) is 13.2 Å². The molecule has 1 fully saturated rings. The summed E-state index contributed by atoms with van der Waals surface area (Å²) in [4.78, 5) is 45.3. The van der Waals surface area contributed by atoms with E-state index in [2.05, 4.69) is 5.32 Å². The predicted molar refractivity (Wildman–Crippen MR) is 78.1 cm³/mol. The first-order chi connectivity index (χ1) is 10.8. The van der Waals surface area contributed by atoms with Gasteiger partial charge in [0.25, 0.3) is 5.91 Å². The Morgan fingerprint density at radius 1 is 1.43 bits per heavy atom. The van der Waals surface area contributed by atoms with Gasteiger partial charge in [0.05, 0.1) is 13.0 Å². The van der Waals surface area contributed by atoms with Gasteiger partial charge in [-0.3, -0.25) is 24.5 Å². The molecule has 1 amide bonds. The lowest BCUT2D eigenvalue weighted by atomic mass is 9.88. The van der Waals surface area contributed by atoms with Crippen molar-refractivity contribution in [1.29, 1.82) is 0 Å². The molecule has 1 aliphatic carbocycles. The standard InChI is InChI=1S/C14H22N2O7/c1-9-5-12(17)10(11(9)7-16(20)21)6-14(19)23-8-13(18)15-3-4-22-2/h9-11H,3-8H2,1-2H3,(H,15,18)/t9-,10-,11-/m1/s1. The Morgan fingerprint density at radius 3 is 2.74 bits per heavy atom. The van der Waals surface area contributed by atoms with Gasteiger partial charge < -0.3 is 14.8 Å². The molecule has 1 rings (SSSR count). The van der Waals surface area contributed by atoms with E-state index in [9.17, 15) is 24.5 Å². The summed E-state index contributed by atoms with van der Waals surface area (Å²) in [6.45, 7) is 1.62. The smallest absolute Gasteiger partial charge is 0.307 e. The summed E-state index contributed by atoms with van der Waals surface area (Å²) in [5, 5.41) is 13.2. The van der Waals surface area contributed by atoms with Crippen LogP contribution < -0.4 is 5.32 Å². The van der Waals surface area contributed by atoms with Crippen molar-refractivity contribution in [2.75, 3.05) is 33.4 Å². The Bertz CT molecular complexity index is 466. The van der Waals surface area contributed by atoms with Crippen LogP contribution in [0, 0.1) is 27.9 Å². The van der Waals surface area contributed by atoms with Gasteiger partial charge in [-0.25, -0.2) is 0 Å². The Kier molecular flexibility index (Phi) is 7.60. The molecule has 1 saturated carbocycles. The van der Waals surface area contributed by atoms with E-state index in [4.69, 9.17) is 9.47 Å². The minimum Gasteiger partial charge on any atom is -0.456 e. The monoisotopic (exact) mass is 330 g/mol. The molecule has 0 aromatic carbocycles. The van der Waals surface area contributed by atoms with E-state index in [0.717, 1.165) is 0 Å². The average molecular weight is 330 g/mol. The second-order valence-corrected chi connectivity index (χ2v) is 5.64. The number of rotatable bonds is 9. The number of hydrogen-bond donors (Lipinski definition) is 1. The molecule has 0 aliphatic heterocycles. The fourth-order valence-corrected chi connectivity index (χ4v) is 2.73. The van der Waals surface area contributed by atoms with E-state index in [1.54, 1.807) is 6.92 Å². The van der Waals surface area contributed by atoms with Crippen LogP contribution in [0.2, 0.25) is 0 Å². The molecule has 0 radical (unpaired) electrons. The Labute approximate surface area is 133 Å². The summed E-state index contributed by atoms with van der Waals surface area (Å²) in [6, 6.07) is 0. The maximum atomic E-state index is 11.9. The molecule has 0 bridgehead atoms. The highest BCUT2D eigenvalue weighted by molar-refractivity contribution is 5.88. The molecule has 130 valence electrons.